The molecule has 0 aromatic heterocycles. The molecule has 1 nitrogen and oxygen atoms in total. The van der Waals surface area contributed by atoms with Crippen LogP contribution in [0.4, 0.5) is 0 Å². The van der Waals surface area contributed by atoms with E-state index in [1.165, 1.54) is 44.9 Å². The molecule has 0 aliphatic heterocycles. The van der Waals surface area contributed by atoms with E-state index >= 15 is 0 Å². The molecule has 74 valence electrons. The Hall–Kier alpha value is -0.0400. The average molecular weight is 179 g/mol. The normalized spacial score (nSPS) is 50.5. The number of hydrogen-bond donors (Lipinski definition) is 1. The Kier molecular flexibility index (Phi) is 1.90. The Balaban J connectivity index is 1.76. The van der Waals surface area contributed by atoms with Crippen LogP contribution in [0.2, 0.25) is 0 Å². The molecule has 3 rings (SSSR count). The second-order valence-corrected chi connectivity index (χ2v) is 5.53. The molecule has 3 saturated carbocycles. The summed E-state index contributed by atoms with van der Waals surface area (Å²) in [7, 11) is 0. The highest BCUT2D eigenvalue weighted by atomic mass is 14.7. The third-order valence-electron chi connectivity index (χ3n) is 4.99. The Morgan fingerprint density at radius 1 is 0.769 bits per heavy atom. The predicted molar refractivity (Wildman–Crippen MR) is 54.3 cm³/mol. The lowest BCUT2D eigenvalue weighted by atomic mass is 9.76. The fourth-order valence-electron chi connectivity index (χ4n) is 4.42. The van der Waals surface area contributed by atoms with E-state index in [0.717, 1.165) is 23.7 Å². The highest BCUT2D eigenvalue weighted by Crippen LogP contribution is 2.53. The highest BCUT2D eigenvalue weighted by Gasteiger charge is 2.48. The second kappa shape index (κ2) is 2.98. The first-order valence-corrected chi connectivity index (χ1v) is 6.12. The van der Waals surface area contributed by atoms with Gasteiger partial charge in [0.25, 0.3) is 0 Å². The molecule has 13 heavy (non-hydrogen) atoms. The molecule has 3 fully saturated rings. The molecular weight excluding hydrogens is 158 g/mol. The van der Waals surface area contributed by atoms with Crippen molar-refractivity contribution in [2.24, 2.45) is 29.4 Å². The summed E-state index contributed by atoms with van der Waals surface area (Å²) < 4.78 is 0. The van der Waals surface area contributed by atoms with Crippen LogP contribution < -0.4 is 5.73 Å². The van der Waals surface area contributed by atoms with Crippen LogP contribution in [-0.2, 0) is 0 Å². The van der Waals surface area contributed by atoms with Crippen LogP contribution in [-0.4, -0.2) is 6.04 Å². The molecule has 2 N–H and O–H groups in total. The maximum Gasteiger partial charge on any atom is 0.0101 e. The van der Waals surface area contributed by atoms with Crippen LogP contribution in [0.3, 0.4) is 0 Å². The van der Waals surface area contributed by atoms with Crippen LogP contribution in [0.5, 0.6) is 0 Å². The zero-order valence-corrected chi connectivity index (χ0v) is 8.41. The van der Waals surface area contributed by atoms with E-state index in [2.05, 4.69) is 0 Å². The summed E-state index contributed by atoms with van der Waals surface area (Å²) in [6.07, 6.45) is 10.3. The summed E-state index contributed by atoms with van der Waals surface area (Å²) in [5, 5.41) is 0. The van der Waals surface area contributed by atoms with E-state index in [0.29, 0.717) is 6.04 Å². The van der Waals surface area contributed by atoms with E-state index < -0.39 is 0 Å². The van der Waals surface area contributed by atoms with Gasteiger partial charge in [0, 0.05) is 6.04 Å². The predicted octanol–water partition coefficient (Wildman–Crippen LogP) is 2.55. The largest absolute Gasteiger partial charge is 0.327 e. The third kappa shape index (κ3) is 1.16. The fourth-order valence-corrected chi connectivity index (χ4v) is 4.42. The lowest BCUT2D eigenvalue weighted by Gasteiger charge is -2.32. The number of nitrogens with two attached hydrogens (primary N) is 1. The van der Waals surface area contributed by atoms with Gasteiger partial charge in [-0.1, -0.05) is 25.7 Å². The monoisotopic (exact) mass is 179 g/mol. The van der Waals surface area contributed by atoms with Gasteiger partial charge >= 0.3 is 0 Å². The van der Waals surface area contributed by atoms with Crippen LogP contribution in [0, 0.1) is 23.7 Å². The molecule has 1 heteroatoms. The van der Waals surface area contributed by atoms with Crippen LogP contribution >= 0.6 is 0 Å². The van der Waals surface area contributed by atoms with E-state index in [-0.39, 0.29) is 0 Å². The Bertz CT molecular complexity index is 193. The standard InChI is InChI=1S/C12H21N/c13-12-10-6-5-9(7-10)11(12)8-3-1-2-4-8/h8-12H,1-7,13H2. The third-order valence-corrected chi connectivity index (χ3v) is 4.99. The van der Waals surface area contributed by atoms with Gasteiger partial charge in [-0.3, -0.25) is 0 Å². The number of hydrogen-bond acceptors (Lipinski definition) is 1. The molecule has 3 aliphatic rings. The second-order valence-electron chi connectivity index (χ2n) is 5.53. The molecular formula is C12H21N. The Morgan fingerprint density at radius 2 is 1.46 bits per heavy atom. The van der Waals surface area contributed by atoms with Crippen molar-refractivity contribution in [1.82, 2.24) is 0 Å². The lowest BCUT2D eigenvalue weighted by Crippen LogP contribution is -2.39. The van der Waals surface area contributed by atoms with Gasteiger partial charge in [0.05, 0.1) is 0 Å². The molecule has 0 saturated heterocycles. The molecule has 4 atom stereocenters. The quantitative estimate of drug-likeness (QED) is 0.657. The van der Waals surface area contributed by atoms with Gasteiger partial charge in [-0.05, 0) is 42.9 Å². The van der Waals surface area contributed by atoms with E-state index in [1.54, 1.807) is 0 Å². The smallest absolute Gasteiger partial charge is 0.0101 e. The Morgan fingerprint density at radius 3 is 2.08 bits per heavy atom. The minimum atomic E-state index is 0.585. The van der Waals surface area contributed by atoms with Gasteiger partial charge in [-0.15, -0.1) is 0 Å². The molecule has 0 radical (unpaired) electrons. The van der Waals surface area contributed by atoms with Crippen molar-refractivity contribution >= 4 is 0 Å². The van der Waals surface area contributed by atoms with Gasteiger partial charge in [0.1, 0.15) is 0 Å². The van der Waals surface area contributed by atoms with Gasteiger partial charge < -0.3 is 5.73 Å². The average Bonchev–Trinajstić information content (AvgIpc) is 2.76. The summed E-state index contributed by atoms with van der Waals surface area (Å²) >= 11 is 0. The van der Waals surface area contributed by atoms with Crippen molar-refractivity contribution in [2.75, 3.05) is 0 Å². The maximum atomic E-state index is 6.34. The fraction of sp³-hybridized carbons (Fsp3) is 1.00. The molecule has 0 spiro atoms. The Labute approximate surface area is 81.1 Å². The number of rotatable bonds is 1. The van der Waals surface area contributed by atoms with Crippen LogP contribution in [0.25, 0.3) is 0 Å². The van der Waals surface area contributed by atoms with Crippen molar-refractivity contribution in [3.05, 3.63) is 0 Å². The van der Waals surface area contributed by atoms with E-state index in [4.69, 9.17) is 5.73 Å². The van der Waals surface area contributed by atoms with Gasteiger partial charge in [-0.25, -0.2) is 0 Å². The van der Waals surface area contributed by atoms with Crippen LogP contribution in [0.15, 0.2) is 0 Å². The van der Waals surface area contributed by atoms with Crippen molar-refractivity contribution in [1.29, 1.82) is 0 Å². The topological polar surface area (TPSA) is 26.0 Å². The maximum absolute atomic E-state index is 6.34. The van der Waals surface area contributed by atoms with Gasteiger partial charge in [0.2, 0.25) is 0 Å². The van der Waals surface area contributed by atoms with Crippen molar-refractivity contribution in [3.63, 3.8) is 0 Å². The summed E-state index contributed by atoms with van der Waals surface area (Å²) in [6.45, 7) is 0. The van der Waals surface area contributed by atoms with Gasteiger partial charge in [0.15, 0.2) is 0 Å². The SMILES string of the molecule is NC1C2CCC(C2)C1C1CCCC1. The summed E-state index contributed by atoms with van der Waals surface area (Å²) in [5.74, 6) is 3.89. The first-order valence-electron chi connectivity index (χ1n) is 6.12. The molecule has 2 bridgehead atoms. The molecule has 4 unspecified atom stereocenters. The minimum Gasteiger partial charge on any atom is -0.327 e. The highest BCUT2D eigenvalue weighted by molar-refractivity contribution is 5.01. The van der Waals surface area contributed by atoms with Crippen molar-refractivity contribution in [2.45, 2.75) is 51.0 Å². The first kappa shape index (κ1) is 8.28. The first-order chi connectivity index (χ1) is 6.36. The zero-order chi connectivity index (χ0) is 8.84. The van der Waals surface area contributed by atoms with Crippen molar-refractivity contribution < 1.29 is 0 Å². The summed E-state index contributed by atoms with van der Waals surface area (Å²) in [4.78, 5) is 0. The number of fused-ring (bicyclic) bond motifs is 2. The minimum absolute atomic E-state index is 0.585. The zero-order valence-electron chi connectivity index (χ0n) is 8.41. The van der Waals surface area contributed by atoms with E-state index in [1.807, 2.05) is 0 Å². The van der Waals surface area contributed by atoms with Crippen molar-refractivity contribution in [3.8, 4) is 0 Å². The van der Waals surface area contributed by atoms with Gasteiger partial charge in [-0.2, -0.15) is 0 Å². The molecule has 3 aliphatic carbocycles. The summed E-state index contributed by atoms with van der Waals surface area (Å²) in [6, 6.07) is 0.585. The molecule has 0 aromatic carbocycles. The van der Waals surface area contributed by atoms with E-state index in [9.17, 15) is 0 Å². The summed E-state index contributed by atoms with van der Waals surface area (Å²) in [5.41, 5.74) is 6.34. The van der Waals surface area contributed by atoms with Crippen LogP contribution in [0.1, 0.15) is 44.9 Å². The molecule has 0 aromatic rings. The lowest BCUT2D eigenvalue weighted by molar-refractivity contribution is 0.200. The molecule has 0 amide bonds. The molecule has 0 heterocycles.